The lowest BCUT2D eigenvalue weighted by Crippen LogP contribution is -2.17. The Morgan fingerprint density at radius 2 is 2.12 bits per heavy atom. The fourth-order valence-corrected chi connectivity index (χ4v) is 2.76. The summed E-state index contributed by atoms with van der Waals surface area (Å²) in [5, 5.41) is 14.2. The van der Waals surface area contributed by atoms with Crippen LogP contribution in [0.1, 0.15) is 17.4 Å². The number of hydrogen-bond donors (Lipinski definition) is 1. The second-order valence-electron chi connectivity index (χ2n) is 5.45. The molecule has 128 valence electrons. The minimum atomic E-state index is -0.515. The van der Waals surface area contributed by atoms with Crippen molar-refractivity contribution in [2.75, 3.05) is 5.32 Å². The third-order valence-electron chi connectivity index (χ3n) is 3.76. The zero-order valence-electron chi connectivity index (χ0n) is 13.2. The molecule has 8 heteroatoms. The Morgan fingerprint density at radius 1 is 1.32 bits per heavy atom. The zero-order chi connectivity index (χ0) is 18.0. The highest BCUT2D eigenvalue weighted by atomic mass is 35.5. The highest BCUT2D eigenvalue weighted by Gasteiger charge is 2.20. The molecule has 0 saturated heterocycles. The van der Waals surface area contributed by atoms with Crippen LogP contribution in [0.5, 0.6) is 0 Å². The molecular formula is C17H14ClFN4O2. The van der Waals surface area contributed by atoms with Crippen LogP contribution in [0.15, 0.2) is 54.9 Å². The number of benzene rings is 2. The number of hydrogen-bond acceptors (Lipinski definition) is 4. The predicted octanol–water partition coefficient (Wildman–Crippen LogP) is 4.32. The lowest BCUT2D eigenvalue weighted by molar-refractivity contribution is -0.384. The van der Waals surface area contributed by atoms with Crippen LogP contribution in [0.4, 0.5) is 15.8 Å². The highest BCUT2D eigenvalue weighted by molar-refractivity contribution is 6.33. The van der Waals surface area contributed by atoms with Crippen molar-refractivity contribution in [2.45, 2.75) is 6.04 Å². The van der Waals surface area contributed by atoms with Crippen molar-refractivity contribution >= 4 is 23.0 Å². The van der Waals surface area contributed by atoms with Crippen molar-refractivity contribution in [1.82, 2.24) is 9.55 Å². The fourth-order valence-electron chi connectivity index (χ4n) is 2.53. The van der Waals surface area contributed by atoms with E-state index in [0.29, 0.717) is 17.1 Å². The smallest absolute Gasteiger partial charge is 0.271 e. The molecule has 3 rings (SSSR count). The van der Waals surface area contributed by atoms with E-state index in [-0.39, 0.29) is 16.5 Å². The summed E-state index contributed by atoms with van der Waals surface area (Å²) in [7, 11) is 1.83. The Morgan fingerprint density at radius 3 is 2.72 bits per heavy atom. The van der Waals surface area contributed by atoms with Crippen LogP contribution >= 0.6 is 11.6 Å². The molecule has 0 amide bonds. The number of nitro benzene ring substituents is 1. The summed E-state index contributed by atoms with van der Waals surface area (Å²) in [6.07, 6.45) is 3.42. The van der Waals surface area contributed by atoms with Gasteiger partial charge in [-0.25, -0.2) is 9.37 Å². The summed E-state index contributed by atoms with van der Waals surface area (Å²) in [6, 6.07) is 9.82. The zero-order valence-corrected chi connectivity index (χ0v) is 13.9. The number of imidazole rings is 1. The lowest BCUT2D eigenvalue weighted by Gasteiger charge is -2.21. The standard InChI is InChI=1S/C17H14ClFN4O2/c1-22-8-7-20-17(22)16(11-3-2-4-12(19)9-11)21-15-6-5-13(23(24)25)10-14(15)18/h2-10,16,21H,1H3/t16-/m1/s1. The van der Waals surface area contributed by atoms with E-state index in [0.717, 1.165) is 0 Å². The summed E-state index contributed by atoms with van der Waals surface area (Å²) in [6.45, 7) is 0. The van der Waals surface area contributed by atoms with Gasteiger partial charge in [0.25, 0.3) is 5.69 Å². The Labute approximate surface area is 148 Å². The minimum absolute atomic E-state index is 0.102. The third kappa shape index (κ3) is 3.61. The molecule has 1 N–H and O–H groups in total. The van der Waals surface area contributed by atoms with Crippen LogP contribution < -0.4 is 5.32 Å². The van der Waals surface area contributed by atoms with E-state index in [2.05, 4.69) is 10.3 Å². The first-order chi connectivity index (χ1) is 12.0. The molecule has 0 unspecified atom stereocenters. The molecule has 0 aliphatic heterocycles. The van der Waals surface area contributed by atoms with Gasteiger partial charge in [0.2, 0.25) is 0 Å². The summed E-state index contributed by atoms with van der Waals surface area (Å²) >= 11 is 6.17. The molecule has 1 atom stereocenters. The molecule has 0 radical (unpaired) electrons. The second-order valence-corrected chi connectivity index (χ2v) is 5.86. The van der Waals surface area contributed by atoms with Crippen LogP contribution in [-0.4, -0.2) is 14.5 Å². The topological polar surface area (TPSA) is 73.0 Å². The van der Waals surface area contributed by atoms with Crippen LogP contribution in [-0.2, 0) is 7.05 Å². The van der Waals surface area contributed by atoms with Crippen molar-refractivity contribution in [3.63, 3.8) is 0 Å². The number of anilines is 1. The number of non-ortho nitro benzene ring substituents is 1. The molecule has 0 aliphatic rings. The highest BCUT2D eigenvalue weighted by Crippen LogP contribution is 2.32. The number of nitrogens with zero attached hydrogens (tertiary/aromatic N) is 3. The molecule has 6 nitrogen and oxygen atoms in total. The van der Waals surface area contributed by atoms with Gasteiger partial charge in [-0.1, -0.05) is 23.7 Å². The average Bonchev–Trinajstić information content (AvgIpc) is 2.99. The van der Waals surface area contributed by atoms with E-state index in [4.69, 9.17) is 11.6 Å². The van der Waals surface area contributed by atoms with Crippen molar-refractivity contribution in [1.29, 1.82) is 0 Å². The van der Waals surface area contributed by atoms with Gasteiger partial charge in [0.15, 0.2) is 0 Å². The maximum absolute atomic E-state index is 13.7. The van der Waals surface area contributed by atoms with Gasteiger partial charge in [-0.3, -0.25) is 10.1 Å². The molecule has 0 saturated carbocycles. The summed E-state index contributed by atoms with van der Waals surface area (Å²) in [4.78, 5) is 14.7. The van der Waals surface area contributed by atoms with Crippen LogP contribution in [0.25, 0.3) is 0 Å². The SMILES string of the molecule is Cn1ccnc1[C@H](Nc1ccc([N+](=O)[O-])cc1Cl)c1cccc(F)c1. The fraction of sp³-hybridized carbons (Fsp3) is 0.118. The van der Waals surface area contributed by atoms with Gasteiger partial charge >= 0.3 is 0 Å². The first-order valence-electron chi connectivity index (χ1n) is 7.39. The normalized spacial score (nSPS) is 12.0. The first kappa shape index (κ1) is 16.9. The summed E-state index contributed by atoms with van der Waals surface area (Å²) in [5.74, 6) is 0.285. The maximum atomic E-state index is 13.7. The quantitative estimate of drug-likeness (QED) is 0.543. The number of aryl methyl sites for hydroxylation is 1. The minimum Gasteiger partial charge on any atom is -0.370 e. The average molecular weight is 361 g/mol. The van der Waals surface area contributed by atoms with Gasteiger partial charge in [-0.15, -0.1) is 0 Å². The van der Waals surface area contributed by atoms with Crippen molar-refractivity contribution in [3.8, 4) is 0 Å². The predicted molar refractivity (Wildman–Crippen MR) is 93.2 cm³/mol. The number of nitrogens with one attached hydrogen (secondary N) is 1. The van der Waals surface area contributed by atoms with Gasteiger partial charge in [0.05, 0.1) is 15.6 Å². The molecule has 2 aromatic carbocycles. The largest absolute Gasteiger partial charge is 0.370 e. The molecule has 0 aliphatic carbocycles. The monoisotopic (exact) mass is 360 g/mol. The molecule has 1 heterocycles. The van der Waals surface area contributed by atoms with E-state index < -0.39 is 11.0 Å². The summed E-state index contributed by atoms with van der Waals surface area (Å²) < 4.78 is 15.5. The first-order valence-corrected chi connectivity index (χ1v) is 7.76. The number of nitro groups is 1. The lowest BCUT2D eigenvalue weighted by atomic mass is 10.1. The van der Waals surface area contributed by atoms with Crippen LogP contribution in [0.3, 0.4) is 0 Å². The number of rotatable bonds is 5. The van der Waals surface area contributed by atoms with E-state index in [1.165, 1.54) is 30.3 Å². The number of halogens is 2. The molecular weight excluding hydrogens is 347 g/mol. The van der Waals surface area contributed by atoms with Gasteiger partial charge in [0, 0.05) is 31.6 Å². The maximum Gasteiger partial charge on any atom is 0.271 e. The number of aromatic nitrogens is 2. The Bertz CT molecular complexity index is 929. The van der Waals surface area contributed by atoms with Crippen molar-refractivity contribution in [2.24, 2.45) is 7.05 Å². The molecule has 0 spiro atoms. The summed E-state index contributed by atoms with van der Waals surface area (Å²) in [5.41, 5.74) is 1.04. The molecule has 3 aromatic rings. The van der Waals surface area contributed by atoms with Gasteiger partial charge in [-0.05, 0) is 23.8 Å². The van der Waals surface area contributed by atoms with Gasteiger partial charge < -0.3 is 9.88 Å². The van der Waals surface area contributed by atoms with Gasteiger partial charge in [0.1, 0.15) is 17.7 Å². The van der Waals surface area contributed by atoms with Gasteiger partial charge in [-0.2, -0.15) is 0 Å². The molecule has 0 fully saturated rings. The Kier molecular flexibility index (Phi) is 4.67. The van der Waals surface area contributed by atoms with E-state index >= 15 is 0 Å². The van der Waals surface area contributed by atoms with Crippen LogP contribution in [0.2, 0.25) is 5.02 Å². The van der Waals surface area contributed by atoms with E-state index in [1.807, 2.05) is 11.6 Å². The molecule has 25 heavy (non-hydrogen) atoms. The second kappa shape index (κ2) is 6.90. The van der Waals surface area contributed by atoms with E-state index in [1.54, 1.807) is 24.5 Å². The molecule has 0 bridgehead atoms. The van der Waals surface area contributed by atoms with Crippen molar-refractivity contribution in [3.05, 3.63) is 87.2 Å². The van der Waals surface area contributed by atoms with Crippen molar-refractivity contribution < 1.29 is 9.31 Å². The Balaban J connectivity index is 2.02. The van der Waals surface area contributed by atoms with Crippen LogP contribution in [0, 0.1) is 15.9 Å². The Hall–Kier alpha value is -2.93. The molecule has 1 aromatic heterocycles. The van der Waals surface area contributed by atoms with E-state index in [9.17, 15) is 14.5 Å². The third-order valence-corrected chi connectivity index (χ3v) is 4.07.